The molecule has 0 aliphatic heterocycles. The largest absolute Gasteiger partial charge is 0.323 e. The Morgan fingerprint density at radius 2 is 1.29 bits per heavy atom. The van der Waals surface area contributed by atoms with Crippen molar-refractivity contribution >= 4 is 23.2 Å². The number of nitrogens with one attached hydrogen (secondary N) is 2. The number of aryl methyl sites for hydroxylation is 3. The van der Waals surface area contributed by atoms with Crippen molar-refractivity contribution in [3.8, 4) is 0 Å². The molecular weight excluding hydrogens is 307 g/mol. The molecule has 0 saturated carbocycles. The highest BCUT2D eigenvalue weighted by molar-refractivity contribution is 6.06. The van der Waals surface area contributed by atoms with Gasteiger partial charge in [-0.1, -0.05) is 12.1 Å². The lowest BCUT2D eigenvalue weighted by Gasteiger charge is -2.06. The highest BCUT2D eigenvalue weighted by atomic mass is 19.1. The number of rotatable bonds is 4. The van der Waals surface area contributed by atoms with E-state index in [4.69, 9.17) is 0 Å². The zero-order chi connectivity index (χ0) is 17.7. The van der Waals surface area contributed by atoms with Crippen molar-refractivity contribution in [1.82, 2.24) is 0 Å². The van der Waals surface area contributed by atoms with Crippen LogP contribution in [0.2, 0.25) is 0 Å². The first kappa shape index (κ1) is 17.4. The van der Waals surface area contributed by atoms with E-state index in [1.807, 2.05) is 26.0 Å². The summed E-state index contributed by atoms with van der Waals surface area (Å²) >= 11 is 0. The SMILES string of the molecule is Cc1ccc(NC(=O)/C=C\C(=O)Nc2ccc(C)c(F)c2)cc1C. The highest BCUT2D eigenvalue weighted by Gasteiger charge is 2.04. The maximum atomic E-state index is 13.4. The van der Waals surface area contributed by atoms with Gasteiger partial charge in [-0.2, -0.15) is 0 Å². The van der Waals surface area contributed by atoms with Gasteiger partial charge in [-0.3, -0.25) is 9.59 Å². The summed E-state index contributed by atoms with van der Waals surface area (Å²) in [6.07, 6.45) is 2.24. The molecule has 2 aromatic carbocycles. The van der Waals surface area contributed by atoms with Crippen LogP contribution in [0, 0.1) is 26.6 Å². The van der Waals surface area contributed by atoms with Gasteiger partial charge in [0, 0.05) is 23.5 Å². The summed E-state index contributed by atoms with van der Waals surface area (Å²) in [4.78, 5) is 23.6. The van der Waals surface area contributed by atoms with E-state index in [2.05, 4.69) is 10.6 Å². The minimum atomic E-state index is -0.506. The number of benzene rings is 2. The van der Waals surface area contributed by atoms with Crippen LogP contribution >= 0.6 is 0 Å². The Kier molecular flexibility index (Phi) is 5.47. The van der Waals surface area contributed by atoms with E-state index in [-0.39, 0.29) is 0 Å². The fraction of sp³-hybridized carbons (Fsp3) is 0.158. The zero-order valence-corrected chi connectivity index (χ0v) is 13.8. The molecule has 0 aromatic heterocycles. The van der Waals surface area contributed by atoms with E-state index in [1.54, 1.807) is 25.1 Å². The normalized spacial score (nSPS) is 10.7. The van der Waals surface area contributed by atoms with Crippen molar-refractivity contribution in [2.45, 2.75) is 20.8 Å². The van der Waals surface area contributed by atoms with Crippen molar-refractivity contribution in [1.29, 1.82) is 0 Å². The molecule has 0 aliphatic carbocycles. The van der Waals surface area contributed by atoms with Crippen LogP contribution in [0.4, 0.5) is 15.8 Å². The fourth-order valence-electron chi connectivity index (χ4n) is 2.01. The first-order chi connectivity index (χ1) is 11.3. The van der Waals surface area contributed by atoms with Crippen LogP contribution in [0.15, 0.2) is 48.6 Å². The average molecular weight is 326 g/mol. The van der Waals surface area contributed by atoms with Gasteiger partial charge in [-0.15, -0.1) is 0 Å². The van der Waals surface area contributed by atoms with Crippen LogP contribution in [-0.4, -0.2) is 11.8 Å². The Labute approximate surface area is 140 Å². The van der Waals surface area contributed by atoms with Gasteiger partial charge >= 0.3 is 0 Å². The minimum absolute atomic E-state index is 0.335. The number of carbonyl (C=O) groups is 2. The van der Waals surface area contributed by atoms with Gasteiger partial charge in [0.15, 0.2) is 0 Å². The first-order valence-corrected chi connectivity index (χ1v) is 7.48. The summed E-state index contributed by atoms with van der Waals surface area (Å²) in [6, 6.07) is 9.96. The van der Waals surface area contributed by atoms with Crippen LogP contribution in [0.3, 0.4) is 0 Å². The molecule has 0 heterocycles. The standard InChI is InChI=1S/C19H19FN2O2/c1-12-4-6-15(10-14(12)3)21-18(23)8-9-19(24)22-16-7-5-13(2)17(20)11-16/h4-11H,1-3H3,(H,21,23)(H,22,24)/b9-8-. The number of halogens is 1. The van der Waals surface area contributed by atoms with Crippen LogP contribution < -0.4 is 10.6 Å². The second-order valence-corrected chi connectivity index (χ2v) is 5.57. The van der Waals surface area contributed by atoms with Crippen LogP contribution in [0.25, 0.3) is 0 Å². The van der Waals surface area contributed by atoms with Crippen molar-refractivity contribution in [2.24, 2.45) is 0 Å². The second-order valence-electron chi connectivity index (χ2n) is 5.57. The van der Waals surface area contributed by atoms with Crippen molar-refractivity contribution in [3.63, 3.8) is 0 Å². The molecule has 2 amide bonds. The van der Waals surface area contributed by atoms with E-state index < -0.39 is 17.6 Å². The Bertz CT molecular complexity index is 746. The third-order valence-corrected chi connectivity index (χ3v) is 3.60. The first-order valence-electron chi connectivity index (χ1n) is 7.48. The zero-order valence-electron chi connectivity index (χ0n) is 13.8. The number of hydrogen-bond donors (Lipinski definition) is 2. The van der Waals surface area contributed by atoms with E-state index in [0.717, 1.165) is 23.3 Å². The van der Waals surface area contributed by atoms with Gasteiger partial charge < -0.3 is 10.6 Å². The summed E-state index contributed by atoms with van der Waals surface area (Å²) in [6.45, 7) is 5.58. The topological polar surface area (TPSA) is 58.2 Å². The average Bonchev–Trinajstić information content (AvgIpc) is 2.53. The molecule has 0 atom stereocenters. The third kappa shape index (κ3) is 4.78. The smallest absolute Gasteiger partial charge is 0.248 e. The summed E-state index contributed by atoms with van der Waals surface area (Å²) in [5, 5.41) is 5.18. The lowest BCUT2D eigenvalue weighted by atomic mass is 10.1. The van der Waals surface area contributed by atoms with E-state index in [1.165, 1.54) is 6.07 Å². The van der Waals surface area contributed by atoms with Crippen LogP contribution in [-0.2, 0) is 9.59 Å². The molecule has 2 aromatic rings. The molecule has 24 heavy (non-hydrogen) atoms. The quantitative estimate of drug-likeness (QED) is 0.838. The number of anilines is 2. The predicted octanol–water partition coefficient (Wildman–Crippen LogP) is 3.88. The van der Waals surface area contributed by atoms with Gasteiger partial charge in [0.25, 0.3) is 0 Å². The van der Waals surface area contributed by atoms with Gasteiger partial charge in [-0.25, -0.2) is 4.39 Å². The molecular formula is C19H19FN2O2. The second kappa shape index (κ2) is 7.55. The Morgan fingerprint density at radius 3 is 1.79 bits per heavy atom. The molecule has 0 unspecified atom stereocenters. The molecule has 0 fully saturated rings. The summed E-state index contributed by atoms with van der Waals surface area (Å²) < 4.78 is 13.4. The Hall–Kier alpha value is -2.95. The fourth-order valence-corrected chi connectivity index (χ4v) is 2.01. The number of hydrogen-bond acceptors (Lipinski definition) is 2. The van der Waals surface area contributed by atoms with Gasteiger partial charge in [0.1, 0.15) is 5.82 Å². The molecule has 2 rings (SSSR count). The molecule has 0 saturated heterocycles. The maximum absolute atomic E-state index is 13.4. The van der Waals surface area contributed by atoms with E-state index in [0.29, 0.717) is 16.9 Å². The third-order valence-electron chi connectivity index (χ3n) is 3.60. The van der Waals surface area contributed by atoms with Crippen molar-refractivity contribution in [2.75, 3.05) is 10.6 Å². The molecule has 0 bridgehead atoms. The predicted molar refractivity (Wildman–Crippen MR) is 93.5 cm³/mol. The lowest BCUT2D eigenvalue weighted by molar-refractivity contribution is -0.114. The Balaban J connectivity index is 1.93. The summed E-state index contributed by atoms with van der Waals surface area (Å²) in [7, 11) is 0. The molecule has 5 heteroatoms. The molecule has 124 valence electrons. The monoisotopic (exact) mass is 326 g/mol. The van der Waals surface area contributed by atoms with Gasteiger partial charge in [0.05, 0.1) is 0 Å². The maximum Gasteiger partial charge on any atom is 0.248 e. The van der Waals surface area contributed by atoms with Crippen molar-refractivity contribution in [3.05, 3.63) is 71.1 Å². The number of amides is 2. The molecule has 0 aliphatic rings. The minimum Gasteiger partial charge on any atom is -0.323 e. The molecule has 2 N–H and O–H groups in total. The lowest BCUT2D eigenvalue weighted by Crippen LogP contribution is -2.12. The Morgan fingerprint density at radius 1 is 0.792 bits per heavy atom. The van der Waals surface area contributed by atoms with Crippen LogP contribution in [0.1, 0.15) is 16.7 Å². The molecule has 4 nitrogen and oxygen atoms in total. The molecule has 0 radical (unpaired) electrons. The van der Waals surface area contributed by atoms with Crippen LogP contribution in [0.5, 0.6) is 0 Å². The summed E-state index contributed by atoms with van der Waals surface area (Å²) in [5.74, 6) is -1.32. The van der Waals surface area contributed by atoms with Crippen molar-refractivity contribution < 1.29 is 14.0 Å². The highest BCUT2D eigenvalue weighted by Crippen LogP contribution is 2.15. The van der Waals surface area contributed by atoms with E-state index >= 15 is 0 Å². The van der Waals surface area contributed by atoms with E-state index in [9.17, 15) is 14.0 Å². The number of carbonyl (C=O) groups excluding carboxylic acids is 2. The summed E-state index contributed by atoms with van der Waals surface area (Å²) in [5.41, 5.74) is 3.69. The van der Waals surface area contributed by atoms with Gasteiger partial charge in [-0.05, 0) is 61.7 Å². The molecule has 0 spiro atoms. The van der Waals surface area contributed by atoms with Gasteiger partial charge in [0.2, 0.25) is 11.8 Å².